The van der Waals surface area contributed by atoms with Crippen molar-refractivity contribution in [1.82, 2.24) is 9.88 Å². The molecule has 2 rings (SSSR count). The molecule has 0 aromatic carbocycles. The maximum atomic E-state index is 11.8. The van der Waals surface area contributed by atoms with Gasteiger partial charge in [0.1, 0.15) is 0 Å². The number of ketones is 1. The van der Waals surface area contributed by atoms with Crippen molar-refractivity contribution in [3.05, 3.63) is 23.5 Å². The highest BCUT2D eigenvalue weighted by Crippen LogP contribution is 2.09. The molecule has 0 bridgehead atoms. The zero-order valence-electron chi connectivity index (χ0n) is 9.24. The van der Waals surface area contributed by atoms with E-state index in [4.69, 9.17) is 0 Å². The predicted molar refractivity (Wildman–Crippen MR) is 60.8 cm³/mol. The van der Waals surface area contributed by atoms with E-state index in [-0.39, 0.29) is 5.78 Å². The smallest absolute Gasteiger partial charge is 0.180 e. The van der Waals surface area contributed by atoms with E-state index >= 15 is 0 Å². The molecule has 0 saturated carbocycles. The van der Waals surface area contributed by atoms with Gasteiger partial charge >= 0.3 is 0 Å². The summed E-state index contributed by atoms with van der Waals surface area (Å²) in [5, 5.41) is 0. The molecular weight excluding hydrogens is 204 g/mol. The average molecular weight is 220 g/mol. The quantitative estimate of drug-likeness (QED) is 0.604. The molecule has 0 spiro atoms. The summed E-state index contributed by atoms with van der Waals surface area (Å²) in [4.78, 5) is 27.3. The van der Waals surface area contributed by atoms with E-state index in [1.165, 1.54) is 12.8 Å². The number of aldehydes is 1. The maximum absolute atomic E-state index is 11.8. The molecule has 0 amide bonds. The Kier molecular flexibility index (Phi) is 3.51. The van der Waals surface area contributed by atoms with Gasteiger partial charge in [0.2, 0.25) is 0 Å². The van der Waals surface area contributed by atoms with Crippen LogP contribution in [0, 0.1) is 0 Å². The van der Waals surface area contributed by atoms with Crippen molar-refractivity contribution in [2.24, 2.45) is 0 Å². The lowest BCUT2D eigenvalue weighted by Crippen LogP contribution is -2.22. The number of aromatic nitrogens is 1. The number of carbonyl (C=O) groups excluding carboxylic acids is 2. The molecule has 1 saturated heterocycles. The zero-order chi connectivity index (χ0) is 11.4. The molecule has 0 atom stereocenters. The zero-order valence-corrected chi connectivity index (χ0v) is 9.24. The molecule has 4 nitrogen and oxygen atoms in total. The summed E-state index contributed by atoms with van der Waals surface area (Å²) < 4.78 is 0. The Morgan fingerprint density at radius 2 is 2.12 bits per heavy atom. The van der Waals surface area contributed by atoms with Crippen molar-refractivity contribution in [2.45, 2.75) is 19.3 Å². The van der Waals surface area contributed by atoms with Crippen molar-refractivity contribution in [3.8, 4) is 0 Å². The number of nitrogens with zero attached hydrogens (tertiary/aromatic N) is 1. The Bertz CT molecular complexity index is 378. The average Bonchev–Trinajstić information content (AvgIpc) is 2.96. The van der Waals surface area contributed by atoms with Gasteiger partial charge in [-0.05, 0) is 38.1 Å². The van der Waals surface area contributed by atoms with Crippen LogP contribution in [0.15, 0.2) is 12.1 Å². The van der Waals surface area contributed by atoms with Crippen LogP contribution in [-0.2, 0) is 0 Å². The van der Waals surface area contributed by atoms with Crippen molar-refractivity contribution in [1.29, 1.82) is 0 Å². The Balaban J connectivity index is 1.84. The fraction of sp³-hybridized carbons (Fsp3) is 0.500. The van der Waals surface area contributed by atoms with Crippen molar-refractivity contribution in [2.75, 3.05) is 19.6 Å². The lowest BCUT2D eigenvalue weighted by molar-refractivity contribution is 0.0964. The molecule has 4 heteroatoms. The SMILES string of the molecule is O=Cc1ccc(C(=O)CCN2CCCC2)[nH]1. The number of hydrogen-bond acceptors (Lipinski definition) is 3. The second kappa shape index (κ2) is 5.07. The molecule has 1 N–H and O–H groups in total. The number of aromatic amines is 1. The summed E-state index contributed by atoms with van der Waals surface area (Å²) in [6.07, 6.45) is 3.73. The highest BCUT2D eigenvalue weighted by molar-refractivity contribution is 5.95. The fourth-order valence-corrected chi connectivity index (χ4v) is 2.04. The molecule has 2 heterocycles. The molecule has 1 aromatic heterocycles. The van der Waals surface area contributed by atoms with Crippen LogP contribution in [0.3, 0.4) is 0 Å². The number of likely N-dealkylation sites (tertiary alicyclic amines) is 1. The second-order valence-electron chi connectivity index (χ2n) is 4.17. The van der Waals surface area contributed by atoms with Crippen LogP contribution < -0.4 is 0 Å². The van der Waals surface area contributed by atoms with E-state index in [9.17, 15) is 9.59 Å². The normalized spacial score (nSPS) is 16.5. The van der Waals surface area contributed by atoms with Gasteiger partial charge in [-0.1, -0.05) is 0 Å². The molecule has 16 heavy (non-hydrogen) atoms. The molecule has 0 unspecified atom stereocenters. The first-order chi connectivity index (χ1) is 7.79. The third-order valence-corrected chi connectivity index (χ3v) is 2.99. The summed E-state index contributed by atoms with van der Waals surface area (Å²) in [6.45, 7) is 3.05. The van der Waals surface area contributed by atoms with E-state index in [1.54, 1.807) is 12.1 Å². The van der Waals surface area contributed by atoms with Gasteiger partial charge in [0, 0.05) is 13.0 Å². The number of nitrogens with one attached hydrogen (secondary N) is 1. The Hall–Kier alpha value is -1.42. The van der Waals surface area contributed by atoms with Crippen molar-refractivity contribution >= 4 is 12.1 Å². The van der Waals surface area contributed by atoms with Crippen molar-refractivity contribution < 1.29 is 9.59 Å². The van der Waals surface area contributed by atoms with E-state index in [1.807, 2.05) is 0 Å². The van der Waals surface area contributed by atoms with E-state index in [0.717, 1.165) is 25.9 Å². The number of rotatable bonds is 5. The van der Waals surface area contributed by atoms with Gasteiger partial charge in [0.25, 0.3) is 0 Å². The first-order valence-corrected chi connectivity index (χ1v) is 5.69. The predicted octanol–water partition coefficient (Wildman–Crippen LogP) is 1.50. The monoisotopic (exact) mass is 220 g/mol. The molecule has 1 aliphatic heterocycles. The number of carbonyl (C=O) groups is 2. The topological polar surface area (TPSA) is 53.2 Å². The Morgan fingerprint density at radius 3 is 2.75 bits per heavy atom. The van der Waals surface area contributed by atoms with Crippen LogP contribution in [0.5, 0.6) is 0 Å². The van der Waals surface area contributed by atoms with Crippen molar-refractivity contribution in [3.63, 3.8) is 0 Å². The van der Waals surface area contributed by atoms with E-state index < -0.39 is 0 Å². The molecule has 86 valence electrons. The van der Waals surface area contributed by atoms with Crippen LogP contribution in [0.25, 0.3) is 0 Å². The first-order valence-electron chi connectivity index (χ1n) is 5.69. The molecule has 1 aromatic rings. The summed E-state index contributed by atoms with van der Waals surface area (Å²) in [6, 6.07) is 3.31. The van der Waals surface area contributed by atoms with Gasteiger partial charge in [0.05, 0.1) is 11.4 Å². The first kappa shape index (κ1) is 11.1. The van der Waals surface area contributed by atoms with Crippen LogP contribution in [-0.4, -0.2) is 41.6 Å². The molecule has 1 aliphatic rings. The summed E-state index contributed by atoms with van der Waals surface area (Å²) in [7, 11) is 0. The van der Waals surface area contributed by atoms with Gasteiger partial charge in [-0.25, -0.2) is 0 Å². The third-order valence-electron chi connectivity index (χ3n) is 2.99. The largest absolute Gasteiger partial charge is 0.350 e. The lowest BCUT2D eigenvalue weighted by Gasteiger charge is -2.12. The molecular formula is C12H16N2O2. The van der Waals surface area contributed by atoms with Gasteiger partial charge in [-0.2, -0.15) is 0 Å². The van der Waals surface area contributed by atoms with Gasteiger partial charge < -0.3 is 9.88 Å². The molecule has 0 radical (unpaired) electrons. The van der Waals surface area contributed by atoms with Crippen LogP contribution in [0.1, 0.15) is 40.2 Å². The van der Waals surface area contributed by atoms with Crippen LogP contribution in [0.2, 0.25) is 0 Å². The van der Waals surface area contributed by atoms with E-state index in [0.29, 0.717) is 17.8 Å². The third kappa shape index (κ3) is 2.58. The standard InChI is InChI=1S/C12H16N2O2/c15-9-10-3-4-11(13-10)12(16)5-8-14-6-1-2-7-14/h3-4,9,13H,1-2,5-8H2. The lowest BCUT2D eigenvalue weighted by atomic mass is 10.2. The molecule has 1 fully saturated rings. The minimum atomic E-state index is 0.0833. The number of hydrogen-bond donors (Lipinski definition) is 1. The highest BCUT2D eigenvalue weighted by atomic mass is 16.1. The number of Topliss-reactive ketones (excluding diaryl/α,β-unsaturated/α-hetero) is 1. The summed E-state index contributed by atoms with van der Waals surface area (Å²) in [5.41, 5.74) is 1.01. The van der Waals surface area contributed by atoms with Gasteiger partial charge in [-0.3, -0.25) is 9.59 Å². The maximum Gasteiger partial charge on any atom is 0.180 e. The highest BCUT2D eigenvalue weighted by Gasteiger charge is 2.14. The Labute approximate surface area is 94.6 Å². The molecule has 0 aliphatic carbocycles. The minimum Gasteiger partial charge on any atom is -0.350 e. The second-order valence-corrected chi connectivity index (χ2v) is 4.17. The number of H-pyrrole nitrogens is 1. The van der Waals surface area contributed by atoms with E-state index in [2.05, 4.69) is 9.88 Å². The minimum absolute atomic E-state index is 0.0833. The van der Waals surface area contributed by atoms with Gasteiger partial charge in [0.15, 0.2) is 12.1 Å². The fourth-order valence-electron chi connectivity index (χ4n) is 2.04. The summed E-state index contributed by atoms with van der Waals surface area (Å²) in [5.74, 6) is 0.0833. The van der Waals surface area contributed by atoms with Gasteiger partial charge in [-0.15, -0.1) is 0 Å². The summed E-state index contributed by atoms with van der Waals surface area (Å²) >= 11 is 0. The Morgan fingerprint density at radius 1 is 1.38 bits per heavy atom. The van der Waals surface area contributed by atoms with Crippen LogP contribution in [0.4, 0.5) is 0 Å². The van der Waals surface area contributed by atoms with Crippen LogP contribution >= 0.6 is 0 Å².